The van der Waals surface area contributed by atoms with E-state index in [1.165, 1.54) is 12.1 Å². The number of halogens is 4. The van der Waals surface area contributed by atoms with Gasteiger partial charge in [0, 0.05) is 16.9 Å². The van der Waals surface area contributed by atoms with Crippen LogP contribution in [0.5, 0.6) is 0 Å². The van der Waals surface area contributed by atoms with Crippen LogP contribution in [0, 0.1) is 0 Å². The summed E-state index contributed by atoms with van der Waals surface area (Å²) in [5.74, 6) is -0.423. The second-order valence-electron chi connectivity index (χ2n) is 4.95. The van der Waals surface area contributed by atoms with Crippen LogP contribution in [0.25, 0.3) is 0 Å². The smallest absolute Gasteiger partial charge is 0.326 e. The molecule has 1 aromatic rings. The van der Waals surface area contributed by atoms with Crippen LogP contribution < -0.4 is 10.6 Å². The van der Waals surface area contributed by atoms with Gasteiger partial charge in [-0.25, -0.2) is 0 Å². The maximum atomic E-state index is 12.9. The van der Waals surface area contributed by atoms with E-state index in [-0.39, 0.29) is 12.1 Å². The number of amides is 1. The summed E-state index contributed by atoms with van der Waals surface area (Å²) in [5, 5.41) is 5.47. The second kappa shape index (κ2) is 7.79. The first kappa shape index (κ1) is 18.0. The molecule has 1 rings (SSSR count). The van der Waals surface area contributed by atoms with Gasteiger partial charge in [-0.2, -0.15) is 13.2 Å². The first-order valence-corrected chi connectivity index (χ1v) is 7.39. The first-order valence-electron chi connectivity index (χ1n) is 6.60. The zero-order chi connectivity index (χ0) is 16.0. The molecule has 0 spiro atoms. The van der Waals surface area contributed by atoms with Crippen molar-refractivity contribution < 1.29 is 18.0 Å². The van der Waals surface area contributed by atoms with Gasteiger partial charge in [-0.05, 0) is 31.2 Å². The molecule has 118 valence electrons. The van der Waals surface area contributed by atoms with E-state index in [1.54, 1.807) is 0 Å². The fourth-order valence-electron chi connectivity index (χ4n) is 1.71. The summed E-state index contributed by atoms with van der Waals surface area (Å²) in [7, 11) is 0. The number of carbonyl (C=O) groups is 1. The number of benzene rings is 1. The van der Waals surface area contributed by atoms with Crippen molar-refractivity contribution >= 4 is 27.5 Å². The van der Waals surface area contributed by atoms with Crippen molar-refractivity contribution in [1.82, 2.24) is 5.32 Å². The lowest BCUT2D eigenvalue weighted by atomic mass is 10.1. The van der Waals surface area contributed by atoms with Gasteiger partial charge in [0.1, 0.15) is 0 Å². The maximum Gasteiger partial charge on any atom is 0.418 e. The Balaban J connectivity index is 2.64. The molecule has 0 aliphatic heterocycles. The van der Waals surface area contributed by atoms with Crippen LogP contribution in [0.2, 0.25) is 0 Å². The van der Waals surface area contributed by atoms with Crippen LogP contribution in [-0.4, -0.2) is 18.5 Å². The van der Waals surface area contributed by atoms with E-state index in [0.717, 1.165) is 6.07 Å². The van der Waals surface area contributed by atoms with Gasteiger partial charge in [0.25, 0.3) is 0 Å². The van der Waals surface area contributed by atoms with Crippen molar-refractivity contribution in [2.24, 2.45) is 0 Å². The molecule has 0 fully saturated rings. The molecule has 3 nitrogen and oxygen atoms in total. The van der Waals surface area contributed by atoms with Crippen LogP contribution in [0.1, 0.15) is 32.3 Å². The molecule has 0 heterocycles. The number of hydrogen-bond acceptors (Lipinski definition) is 2. The normalized spacial score (nSPS) is 11.8. The van der Waals surface area contributed by atoms with Gasteiger partial charge in [-0.1, -0.05) is 29.8 Å². The molecule has 0 saturated carbocycles. The second-order valence-corrected chi connectivity index (χ2v) is 5.86. The van der Waals surface area contributed by atoms with Crippen molar-refractivity contribution in [2.75, 3.05) is 11.9 Å². The monoisotopic (exact) mass is 366 g/mol. The van der Waals surface area contributed by atoms with Gasteiger partial charge >= 0.3 is 6.18 Å². The van der Waals surface area contributed by atoms with E-state index in [0.29, 0.717) is 23.5 Å². The number of alkyl halides is 3. The van der Waals surface area contributed by atoms with Gasteiger partial charge in [0.15, 0.2) is 0 Å². The summed E-state index contributed by atoms with van der Waals surface area (Å²) < 4.78 is 39.0. The van der Waals surface area contributed by atoms with Crippen molar-refractivity contribution in [3.8, 4) is 0 Å². The van der Waals surface area contributed by atoms with Crippen molar-refractivity contribution in [1.29, 1.82) is 0 Å². The number of nitrogens with one attached hydrogen (secondary N) is 2. The van der Waals surface area contributed by atoms with E-state index in [9.17, 15) is 18.0 Å². The molecule has 0 saturated heterocycles. The van der Waals surface area contributed by atoms with Gasteiger partial charge in [-0.15, -0.1) is 0 Å². The van der Waals surface area contributed by atoms with Crippen molar-refractivity contribution in [3.05, 3.63) is 28.2 Å². The van der Waals surface area contributed by atoms with Gasteiger partial charge < -0.3 is 10.6 Å². The molecule has 0 bridgehead atoms. The van der Waals surface area contributed by atoms with Crippen LogP contribution >= 0.6 is 15.9 Å². The molecule has 2 N–H and O–H groups in total. The summed E-state index contributed by atoms with van der Waals surface area (Å²) in [4.78, 5) is 11.7. The van der Waals surface area contributed by atoms with Crippen LogP contribution in [0.15, 0.2) is 22.7 Å². The highest BCUT2D eigenvalue weighted by atomic mass is 79.9. The zero-order valence-electron chi connectivity index (χ0n) is 11.9. The Morgan fingerprint density at radius 1 is 1.33 bits per heavy atom. The Kier molecular flexibility index (Phi) is 6.67. The predicted octanol–water partition coefficient (Wildman–Crippen LogP) is 4.18. The Labute approximate surface area is 130 Å². The molecule has 0 radical (unpaired) electrons. The summed E-state index contributed by atoms with van der Waals surface area (Å²) in [5.41, 5.74) is -1.07. The standard InChI is InChI=1S/C14H18BrF3N2O/c1-9(2)19-7-3-4-13(21)20-12-6-5-10(15)8-11(12)14(16,17)18/h5-6,8-9,19H,3-4,7H2,1-2H3,(H,20,21). The first-order chi connectivity index (χ1) is 9.70. The predicted molar refractivity (Wildman–Crippen MR) is 80.1 cm³/mol. The fraction of sp³-hybridized carbons (Fsp3) is 0.500. The lowest BCUT2D eigenvalue weighted by molar-refractivity contribution is -0.137. The number of anilines is 1. The quantitative estimate of drug-likeness (QED) is 0.741. The van der Waals surface area contributed by atoms with Crippen LogP contribution in [-0.2, 0) is 11.0 Å². The average Bonchev–Trinajstić information content (AvgIpc) is 2.35. The highest BCUT2D eigenvalue weighted by Gasteiger charge is 2.34. The van der Waals surface area contributed by atoms with E-state index < -0.39 is 17.6 Å². The molecule has 21 heavy (non-hydrogen) atoms. The summed E-state index contributed by atoms with van der Waals surface area (Å²) in [6.07, 6.45) is -3.76. The summed E-state index contributed by atoms with van der Waals surface area (Å²) in [6, 6.07) is 3.98. The molecule has 0 aliphatic rings. The molecule has 0 aromatic heterocycles. The third kappa shape index (κ3) is 6.48. The minimum absolute atomic E-state index is 0.174. The molecule has 1 aromatic carbocycles. The summed E-state index contributed by atoms with van der Waals surface area (Å²) >= 11 is 3.00. The topological polar surface area (TPSA) is 41.1 Å². The summed E-state index contributed by atoms with van der Waals surface area (Å²) in [6.45, 7) is 4.62. The Morgan fingerprint density at radius 3 is 2.57 bits per heavy atom. The fourth-order valence-corrected chi connectivity index (χ4v) is 2.07. The third-order valence-electron chi connectivity index (χ3n) is 2.69. The van der Waals surface area contributed by atoms with Crippen molar-refractivity contribution in [3.63, 3.8) is 0 Å². The molecule has 0 unspecified atom stereocenters. The highest BCUT2D eigenvalue weighted by molar-refractivity contribution is 9.10. The maximum absolute atomic E-state index is 12.9. The third-order valence-corrected chi connectivity index (χ3v) is 3.19. The molecule has 7 heteroatoms. The van der Waals surface area contributed by atoms with E-state index >= 15 is 0 Å². The molecule has 0 aliphatic carbocycles. The molecule has 0 atom stereocenters. The lowest BCUT2D eigenvalue weighted by Crippen LogP contribution is -2.25. The minimum Gasteiger partial charge on any atom is -0.326 e. The van der Waals surface area contributed by atoms with Gasteiger partial charge in [0.05, 0.1) is 11.3 Å². The number of carbonyl (C=O) groups excluding carboxylic acids is 1. The van der Waals surface area contributed by atoms with Gasteiger partial charge in [-0.3, -0.25) is 4.79 Å². The lowest BCUT2D eigenvalue weighted by Gasteiger charge is -2.14. The molecule has 1 amide bonds. The van der Waals surface area contributed by atoms with Crippen LogP contribution in [0.4, 0.5) is 18.9 Å². The Bertz CT molecular complexity index is 490. The Hall–Kier alpha value is -1.08. The van der Waals surface area contributed by atoms with Gasteiger partial charge in [0.2, 0.25) is 5.91 Å². The Morgan fingerprint density at radius 2 is 2.00 bits per heavy atom. The molecular weight excluding hydrogens is 349 g/mol. The average molecular weight is 367 g/mol. The number of hydrogen-bond donors (Lipinski definition) is 2. The SMILES string of the molecule is CC(C)NCCCC(=O)Nc1ccc(Br)cc1C(F)(F)F. The number of rotatable bonds is 6. The molecular formula is C14H18BrF3N2O. The highest BCUT2D eigenvalue weighted by Crippen LogP contribution is 2.36. The van der Waals surface area contributed by atoms with E-state index in [2.05, 4.69) is 26.6 Å². The zero-order valence-corrected chi connectivity index (χ0v) is 13.4. The van der Waals surface area contributed by atoms with E-state index in [4.69, 9.17) is 0 Å². The largest absolute Gasteiger partial charge is 0.418 e. The van der Waals surface area contributed by atoms with Crippen LogP contribution in [0.3, 0.4) is 0 Å². The minimum atomic E-state index is -4.51. The van der Waals surface area contributed by atoms with E-state index in [1.807, 2.05) is 13.8 Å². The van der Waals surface area contributed by atoms with Crippen molar-refractivity contribution in [2.45, 2.75) is 38.9 Å².